The highest BCUT2D eigenvalue weighted by atomic mass is 32.2. The van der Waals surface area contributed by atoms with E-state index in [4.69, 9.17) is 14.2 Å². The molecule has 2 aromatic rings. The monoisotopic (exact) mass is 457 g/mol. The number of carbonyl (C=O) groups is 2. The molecule has 0 saturated carbocycles. The molecule has 1 N–H and O–H groups in total. The predicted molar refractivity (Wildman–Crippen MR) is 124 cm³/mol. The molecule has 0 bridgehead atoms. The number of hydrogen-bond acceptors (Lipinski definition) is 7. The molecule has 0 aromatic heterocycles. The molecule has 0 radical (unpaired) electrons. The fraction of sp³-hybridized carbons (Fsp3) is 0.348. The Bertz CT molecular complexity index is 1020. The van der Waals surface area contributed by atoms with Crippen LogP contribution in [0.1, 0.15) is 35.9 Å². The van der Waals surface area contributed by atoms with Crippen molar-refractivity contribution in [3.8, 4) is 17.2 Å². The van der Waals surface area contributed by atoms with Crippen LogP contribution in [0.25, 0.3) is 0 Å². The first kappa shape index (κ1) is 23.5. The van der Waals surface area contributed by atoms with E-state index >= 15 is 0 Å². The molecule has 0 spiro atoms. The quantitative estimate of drug-likeness (QED) is 0.637. The summed E-state index contributed by atoms with van der Waals surface area (Å²) in [6, 6.07) is 11.5. The van der Waals surface area contributed by atoms with Crippen molar-refractivity contribution in [1.82, 2.24) is 10.3 Å². The zero-order valence-electron chi connectivity index (χ0n) is 18.8. The van der Waals surface area contributed by atoms with Crippen molar-refractivity contribution in [3.05, 3.63) is 53.1 Å². The van der Waals surface area contributed by atoms with E-state index < -0.39 is 5.37 Å². The van der Waals surface area contributed by atoms with Crippen molar-refractivity contribution in [1.29, 1.82) is 0 Å². The number of amides is 2. The lowest BCUT2D eigenvalue weighted by Crippen LogP contribution is -2.25. The Kier molecular flexibility index (Phi) is 7.63. The maximum atomic E-state index is 12.0. The van der Waals surface area contributed by atoms with Crippen LogP contribution in [-0.4, -0.2) is 42.3 Å². The van der Waals surface area contributed by atoms with Crippen molar-refractivity contribution in [3.63, 3.8) is 0 Å². The molecule has 0 fully saturated rings. The molecule has 3 rings (SSSR count). The Morgan fingerprint density at radius 2 is 1.72 bits per heavy atom. The van der Waals surface area contributed by atoms with Crippen LogP contribution in [0.5, 0.6) is 17.2 Å². The van der Waals surface area contributed by atoms with Crippen molar-refractivity contribution in [2.24, 2.45) is 5.10 Å². The van der Waals surface area contributed by atoms with Crippen molar-refractivity contribution >= 4 is 28.7 Å². The summed E-state index contributed by atoms with van der Waals surface area (Å²) in [5.74, 6) is 1.44. The first-order valence-corrected chi connectivity index (χ1v) is 11.0. The summed E-state index contributed by atoms with van der Waals surface area (Å²) < 4.78 is 17.1. The van der Waals surface area contributed by atoms with E-state index in [1.165, 1.54) is 30.6 Å². The van der Waals surface area contributed by atoms with Crippen LogP contribution in [0.3, 0.4) is 0 Å². The smallest absolute Gasteiger partial charge is 0.241 e. The summed E-state index contributed by atoms with van der Waals surface area (Å²) in [5.41, 5.74) is 3.09. The number of amidine groups is 1. The summed E-state index contributed by atoms with van der Waals surface area (Å²) >= 11 is 1.28. The molecular formula is C23H27N3O5S. The first-order chi connectivity index (χ1) is 15.3. The molecule has 1 aliphatic heterocycles. The second kappa shape index (κ2) is 10.4. The van der Waals surface area contributed by atoms with E-state index in [0.29, 0.717) is 29.9 Å². The Labute approximate surface area is 191 Å². The van der Waals surface area contributed by atoms with E-state index in [2.05, 4.69) is 16.5 Å². The zero-order valence-corrected chi connectivity index (χ0v) is 19.6. The number of thioether (sulfide) groups is 1. The Morgan fingerprint density at radius 1 is 1.03 bits per heavy atom. The van der Waals surface area contributed by atoms with Crippen molar-refractivity contribution < 1.29 is 23.8 Å². The molecule has 170 valence electrons. The lowest BCUT2D eigenvalue weighted by atomic mass is 10.1. The van der Waals surface area contributed by atoms with Gasteiger partial charge in [0.25, 0.3) is 0 Å². The van der Waals surface area contributed by atoms with Gasteiger partial charge in [-0.3, -0.25) is 9.59 Å². The third-order valence-electron chi connectivity index (χ3n) is 4.53. The minimum atomic E-state index is -0.412. The summed E-state index contributed by atoms with van der Waals surface area (Å²) in [6.45, 7) is 7.62. The highest BCUT2D eigenvalue weighted by Gasteiger charge is 2.32. The van der Waals surface area contributed by atoms with Gasteiger partial charge in [-0.15, -0.1) is 5.10 Å². The average molecular weight is 458 g/mol. The van der Waals surface area contributed by atoms with Gasteiger partial charge in [0.2, 0.25) is 11.8 Å². The summed E-state index contributed by atoms with van der Waals surface area (Å²) in [7, 11) is 1.56. The number of ether oxygens (including phenoxy) is 3. The summed E-state index contributed by atoms with van der Waals surface area (Å²) in [4.78, 5) is 23.4. The van der Waals surface area contributed by atoms with E-state index in [1.807, 2.05) is 32.0 Å². The number of methoxy groups -OCH3 is 1. The van der Waals surface area contributed by atoms with Crippen LogP contribution in [0.15, 0.2) is 41.5 Å². The molecule has 1 aliphatic rings. The average Bonchev–Trinajstić information content (AvgIpc) is 3.14. The topological polar surface area (TPSA) is 89.5 Å². The largest absolute Gasteiger partial charge is 0.493 e. The SMILES string of the molecule is COc1cc([C@H]2SC(NC(C)=O)=NN2C(C)=O)ccc1OCCOc1cc(C)cc(C)c1. The van der Waals surface area contributed by atoms with E-state index in [0.717, 1.165) is 22.4 Å². The van der Waals surface area contributed by atoms with Crippen molar-refractivity contribution in [2.45, 2.75) is 33.1 Å². The second-order valence-electron chi connectivity index (χ2n) is 7.35. The molecule has 8 nitrogen and oxygen atoms in total. The molecule has 0 unspecified atom stereocenters. The van der Waals surface area contributed by atoms with E-state index in [1.54, 1.807) is 19.2 Å². The van der Waals surface area contributed by atoms with Gasteiger partial charge >= 0.3 is 0 Å². The molecule has 2 amide bonds. The van der Waals surface area contributed by atoms with Crippen LogP contribution >= 0.6 is 11.8 Å². The van der Waals surface area contributed by atoms with Gasteiger partial charge in [-0.25, -0.2) is 5.01 Å². The first-order valence-electron chi connectivity index (χ1n) is 10.1. The standard InChI is InChI=1S/C23H27N3O5S/c1-14-10-15(2)12-19(11-14)30-8-9-31-20-7-6-18(13-21(20)29-5)22-26(17(4)28)25-23(32-22)24-16(3)27/h6-7,10-13,22H,8-9H2,1-5H3,(H,24,25,27)/t22-/m1/s1. The highest BCUT2D eigenvalue weighted by Crippen LogP contribution is 2.41. The lowest BCUT2D eigenvalue weighted by molar-refractivity contribution is -0.129. The number of hydrogen-bond donors (Lipinski definition) is 1. The third kappa shape index (κ3) is 5.94. The van der Waals surface area contributed by atoms with Gasteiger partial charge in [-0.2, -0.15) is 0 Å². The maximum Gasteiger partial charge on any atom is 0.241 e. The summed E-state index contributed by atoms with van der Waals surface area (Å²) in [6.07, 6.45) is 0. The minimum Gasteiger partial charge on any atom is -0.493 e. The Morgan fingerprint density at radius 3 is 2.34 bits per heavy atom. The van der Waals surface area contributed by atoms with Gasteiger partial charge in [0.05, 0.1) is 7.11 Å². The molecule has 1 heterocycles. The fourth-order valence-electron chi connectivity index (χ4n) is 3.26. The van der Waals surface area contributed by atoms with Gasteiger partial charge < -0.3 is 19.5 Å². The molecule has 2 aromatic carbocycles. The normalized spacial score (nSPS) is 15.2. The van der Waals surface area contributed by atoms with Crippen LogP contribution in [0, 0.1) is 13.8 Å². The van der Waals surface area contributed by atoms with E-state index in [-0.39, 0.29) is 11.8 Å². The zero-order chi connectivity index (χ0) is 23.3. The molecule has 0 saturated heterocycles. The predicted octanol–water partition coefficient (Wildman–Crippen LogP) is 3.77. The second-order valence-corrected chi connectivity index (χ2v) is 8.42. The highest BCUT2D eigenvalue weighted by molar-refractivity contribution is 8.14. The summed E-state index contributed by atoms with van der Waals surface area (Å²) in [5, 5.41) is 8.14. The number of nitrogens with zero attached hydrogens (tertiary/aromatic N) is 2. The van der Waals surface area contributed by atoms with Gasteiger partial charge in [0.1, 0.15) is 24.3 Å². The van der Waals surface area contributed by atoms with Gasteiger partial charge in [0, 0.05) is 13.8 Å². The number of aryl methyl sites for hydroxylation is 2. The number of benzene rings is 2. The van der Waals surface area contributed by atoms with Crippen LogP contribution in [-0.2, 0) is 9.59 Å². The van der Waals surface area contributed by atoms with E-state index in [9.17, 15) is 9.59 Å². The van der Waals surface area contributed by atoms with Gasteiger partial charge in [-0.05, 0) is 54.8 Å². The van der Waals surface area contributed by atoms with Crippen LogP contribution in [0.4, 0.5) is 0 Å². The Hall–Kier alpha value is -3.20. The number of carbonyl (C=O) groups excluding carboxylic acids is 2. The fourth-order valence-corrected chi connectivity index (χ4v) is 4.39. The molecule has 32 heavy (non-hydrogen) atoms. The maximum absolute atomic E-state index is 12.0. The van der Waals surface area contributed by atoms with Crippen molar-refractivity contribution in [2.75, 3.05) is 20.3 Å². The molecule has 1 atom stereocenters. The number of rotatable bonds is 7. The van der Waals surface area contributed by atoms with Gasteiger partial charge in [-0.1, -0.05) is 23.9 Å². The van der Waals surface area contributed by atoms with Crippen LogP contribution < -0.4 is 19.5 Å². The number of hydrazone groups is 1. The van der Waals surface area contributed by atoms with Crippen LogP contribution in [0.2, 0.25) is 0 Å². The van der Waals surface area contributed by atoms with Gasteiger partial charge in [0.15, 0.2) is 16.7 Å². The molecular weight excluding hydrogens is 430 g/mol. The Balaban J connectivity index is 1.65. The third-order valence-corrected chi connectivity index (χ3v) is 5.63. The lowest BCUT2D eigenvalue weighted by Gasteiger charge is -2.20. The number of nitrogens with one attached hydrogen (secondary N) is 1. The molecule has 0 aliphatic carbocycles. The molecule has 9 heteroatoms. The minimum absolute atomic E-state index is 0.231.